The second-order valence-electron chi connectivity index (χ2n) is 8.29. The van der Waals surface area contributed by atoms with Gasteiger partial charge in [0.15, 0.2) is 0 Å². The predicted molar refractivity (Wildman–Crippen MR) is 119 cm³/mol. The van der Waals surface area contributed by atoms with E-state index in [1.165, 1.54) is 4.90 Å². The Balaban J connectivity index is 1.26. The van der Waals surface area contributed by atoms with Gasteiger partial charge in [-0.3, -0.25) is 14.9 Å². The number of fused-ring (bicyclic) bond motifs is 3. The summed E-state index contributed by atoms with van der Waals surface area (Å²) in [5.74, 6) is -1.83. The van der Waals surface area contributed by atoms with Crippen molar-refractivity contribution in [1.82, 2.24) is 15.2 Å². The fourth-order valence-electron chi connectivity index (χ4n) is 4.33. The molecule has 0 saturated heterocycles. The Morgan fingerprint density at radius 1 is 1.03 bits per heavy atom. The number of aromatic nitrogens is 2. The maximum atomic E-state index is 12.9. The molecule has 0 bridgehead atoms. The van der Waals surface area contributed by atoms with Crippen LogP contribution >= 0.6 is 0 Å². The van der Waals surface area contributed by atoms with E-state index in [-0.39, 0.29) is 43.0 Å². The summed E-state index contributed by atoms with van der Waals surface area (Å²) in [5.41, 5.74) is 4.19. The highest BCUT2D eigenvalue weighted by atomic mass is 16.6. The average molecular weight is 462 g/mol. The zero-order valence-electron chi connectivity index (χ0n) is 18.1. The molecule has 2 aromatic carbocycles. The van der Waals surface area contributed by atoms with Crippen LogP contribution in [0.25, 0.3) is 11.1 Å². The Kier molecular flexibility index (Phi) is 5.70. The number of hydrogen-bond acceptors (Lipinski definition) is 7. The standard InChI is InChI=1S/C24H22N4O6/c29-20(30)11-12-28(14-9-10-14)23(31)21-22(27-34-26-21)25-24(32)33-13-19-17-7-3-1-5-15(17)16-6-2-4-8-18(16)19/h1-8,14,19H,9-13H2,(H,29,30)(H,25,27,32). The molecule has 10 nitrogen and oxygen atoms in total. The van der Waals surface area contributed by atoms with Gasteiger partial charge >= 0.3 is 12.1 Å². The summed E-state index contributed by atoms with van der Waals surface area (Å²) in [7, 11) is 0. The minimum absolute atomic E-state index is 0.0378. The number of aliphatic carboxylic acids is 1. The number of anilines is 1. The first-order chi connectivity index (χ1) is 16.5. The van der Waals surface area contributed by atoms with E-state index in [1.807, 2.05) is 48.5 Å². The molecule has 1 aromatic heterocycles. The van der Waals surface area contributed by atoms with Gasteiger partial charge in [0.2, 0.25) is 11.5 Å². The van der Waals surface area contributed by atoms with Crippen LogP contribution in [0.4, 0.5) is 10.6 Å². The zero-order chi connectivity index (χ0) is 23.7. The lowest BCUT2D eigenvalue weighted by Gasteiger charge is -2.20. The van der Waals surface area contributed by atoms with Gasteiger partial charge in [-0.25, -0.2) is 9.42 Å². The maximum absolute atomic E-state index is 12.9. The van der Waals surface area contributed by atoms with E-state index in [0.29, 0.717) is 0 Å². The van der Waals surface area contributed by atoms with Gasteiger partial charge in [0.05, 0.1) is 6.42 Å². The van der Waals surface area contributed by atoms with Crippen LogP contribution in [0, 0.1) is 0 Å². The number of amides is 2. The largest absolute Gasteiger partial charge is 0.481 e. The molecule has 0 radical (unpaired) electrons. The smallest absolute Gasteiger partial charge is 0.412 e. The van der Waals surface area contributed by atoms with Gasteiger partial charge in [0.25, 0.3) is 5.91 Å². The van der Waals surface area contributed by atoms with Gasteiger partial charge in [0.1, 0.15) is 6.61 Å². The third kappa shape index (κ3) is 4.21. The van der Waals surface area contributed by atoms with Crippen molar-refractivity contribution in [1.29, 1.82) is 0 Å². The summed E-state index contributed by atoms with van der Waals surface area (Å²) in [5, 5.41) is 18.6. The van der Waals surface area contributed by atoms with E-state index >= 15 is 0 Å². The lowest BCUT2D eigenvalue weighted by molar-refractivity contribution is -0.137. The zero-order valence-corrected chi connectivity index (χ0v) is 18.1. The highest BCUT2D eigenvalue weighted by molar-refractivity contribution is 6.00. The van der Waals surface area contributed by atoms with Gasteiger partial charge in [-0.1, -0.05) is 48.5 Å². The fourth-order valence-corrected chi connectivity index (χ4v) is 4.33. The van der Waals surface area contributed by atoms with Crippen LogP contribution in [0.1, 0.15) is 46.8 Å². The normalized spacial score (nSPS) is 14.2. The molecule has 0 atom stereocenters. The van der Waals surface area contributed by atoms with Gasteiger partial charge in [-0.15, -0.1) is 0 Å². The van der Waals surface area contributed by atoms with Crippen molar-refractivity contribution >= 4 is 23.8 Å². The lowest BCUT2D eigenvalue weighted by atomic mass is 9.98. The Labute approximate surface area is 194 Å². The predicted octanol–water partition coefficient (Wildman–Crippen LogP) is 3.51. The lowest BCUT2D eigenvalue weighted by Crippen LogP contribution is -2.35. The van der Waals surface area contributed by atoms with Crippen LogP contribution < -0.4 is 5.32 Å². The third-order valence-corrected chi connectivity index (χ3v) is 6.07. The van der Waals surface area contributed by atoms with Crippen LogP contribution in [-0.4, -0.2) is 57.5 Å². The van der Waals surface area contributed by atoms with Crippen molar-refractivity contribution in [2.45, 2.75) is 31.2 Å². The van der Waals surface area contributed by atoms with Gasteiger partial charge in [0, 0.05) is 18.5 Å². The van der Waals surface area contributed by atoms with Crippen molar-refractivity contribution in [3.8, 4) is 11.1 Å². The molecule has 2 amide bonds. The number of carbonyl (C=O) groups is 3. The molecule has 5 rings (SSSR count). The monoisotopic (exact) mass is 462 g/mol. The number of rotatable bonds is 8. The summed E-state index contributed by atoms with van der Waals surface area (Å²) in [6.45, 7) is 0.136. The van der Waals surface area contributed by atoms with Crippen LogP contribution in [-0.2, 0) is 9.53 Å². The second-order valence-corrected chi connectivity index (χ2v) is 8.29. The molecule has 1 fully saturated rings. The number of carboxylic acid groups (broad SMARTS) is 1. The number of hydrogen-bond donors (Lipinski definition) is 2. The molecule has 2 N–H and O–H groups in total. The fraction of sp³-hybridized carbons (Fsp3) is 0.292. The van der Waals surface area contributed by atoms with Crippen molar-refractivity contribution in [3.05, 3.63) is 65.4 Å². The van der Waals surface area contributed by atoms with Gasteiger partial charge in [-0.05, 0) is 45.4 Å². The molecule has 1 saturated carbocycles. The molecule has 2 aliphatic rings. The van der Waals surface area contributed by atoms with Crippen LogP contribution in [0.3, 0.4) is 0 Å². The molecule has 10 heteroatoms. The molecule has 174 valence electrons. The number of nitrogens with one attached hydrogen (secondary N) is 1. The van der Waals surface area contributed by atoms with Crippen LogP contribution in [0.5, 0.6) is 0 Å². The first-order valence-corrected chi connectivity index (χ1v) is 11.0. The minimum Gasteiger partial charge on any atom is -0.481 e. The maximum Gasteiger partial charge on any atom is 0.412 e. The number of carbonyl (C=O) groups excluding carboxylic acids is 2. The van der Waals surface area contributed by atoms with Crippen molar-refractivity contribution in [2.75, 3.05) is 18.5 Å². The van der Waals surface area contributed by atoms with Crippen molar-refractivity contribution in [2.24, 2.45) is 0 Å². The molecule has 3 aromatic rings. The topological polar surface area (TPSA) is 135 Å². The van der Waals surface area contributed by atoms with Crippen LogP contribution in [0.2, 0.25) is 0 Å². The molecule has 0 aliphatic heterocycles. The molecule has 2 aliphatic carbocycles. The summed E-state index contributed by atoms with van der Waals surface area (Å²) in [6.07, 6.45) is 0.579. The number of benzene rings is 2. The first kappa shape index (κ1) is 21.6. The Bertz CT molecular complexity index is 1210. The summed E-state index contributed by atoms with van der Waals surface area (Å²) in [6, 6.07) is 15.9. The van der Waals surface area contributed by atoms with Gasteiger partial charge < -0.3 is 14.7 Å². The summed E-state index contributed by atoms with van der Waals surface area (Å²) in [4.78, 5) is 37.8. The molecular weight excluding hydrogens is 440 g/mol. The third-order valence-electron chi connectivity index (χ3n) is 6.07. The number of nitrogens with zero attached hydrogens (tertiary/aromatic N) is 3. The van der Waals surface area contributed by atoms with Crippen molar-refractivity contribution < 1.29 is 28.9 Å². The SMILES string of the molecule is O=C(O)CCN(C(=O)c1nonc1NC(=O)OCC1c2ccccc2-c2ccccc21)C1CC1. The Morgan fingerprint density at radius 3 is 2.29 bits per heavy atom. The highest BCUT2D eigenvalue weighted by Crippen LogP contribution is 2.44. The number of ether oxygens (including phenoxy) is 1. The van der Waals surface area contributed by atoms with Gasteiger partial charge in [-0.2, -0.15) is 0 Å². The van der Waals surface area contributed by atoms with Crippen molar-refractivity contribution in [3.63, 3.8) is 0 Å². The minimum atomic E-state index is -1.01. The van der Waals surface area contributed by atoms with E-state index in [9.17, 15) is 14.4 Å². The summed E-state index contributed by atoms with van der Waals surface area (Å²) >= 11 is 0. The quantitative estimate of drug-likeness (QED) is 0.519. The van der Waals surface area contributed by atoms with E-state index in [1.54, 1.807) is 0 Å². The molecule has 34 heavy (non-hydrogen) atoms. The molecular formula is C24H22N4O6. The van der Waals surface area contributed by atoms with E-state index < -0.39 is 18.0 Å². The first-order valence-electron chi connectivity index (χ1n) is 11.0. The molecule has 0 unspecified atom stereocenters. The summed E-state index contributed by atoms with van der Waals surface area (Å²) < 4.78 is 10.2. The van der Waals surface area contributed by atoms with E-state index in [2.05, 4.69) is 20.3 Å². The number of carboxylic acids is 1. The Morgan fingerprint density at radius 2 is 1.68 bits per heavy atom. The highest BCUT2D eigenvalue weighted by Gasteiger charge is 2.36. The average Bonchev–Trinajstić information content (AvgIpc) is 3.48. The Hall–Kier alpha value is -4.21. The van der Waals surface area contributed by atoms with E-state index in [0.717, 1.165) is 35.1 Å². The second kappa shape index (κ2) is 8.97. The van der Waals surface area contributed by atoms with E-state index in [4.69, 9.17) is 9.84 Å². The molecule has 0 spiro atoms. The van der Waals surface area contributed by atoms with Crippen LogP contribution in [0.15, 0.2) is 53.2 Å². The molecule has 1 heterocycles.